The first kappa shape index (κ1) is 17.4. The van der Waals surface area contributed by atoms with Crippen LogP contribution in [-0.4, -0.2) is 19.2 Å². The van der Waals surface area contributed by atoms with Gasteiger partial charge in [-0.15, -0.1) is 0 Å². The molecule has 0 N–H and O–H groups in total. The van der Waals surface area contributed by atoms with Gasteiger partial charge in [0.15, 0.2) is 5.65 Å². The predicted molar refractivity (Wildman–Crippen MR) is 112 cm³/mol. The van der Waals surface area contributed by atoms with Crippen molar-refractivity contribution in [3.05, 3.63) is 64.3 Å². The van der Waals surface area contributed by atoms with Gasteiger partial charge in [0.05, 0.1) is 17.1 Å². The molecule has 5 nitrogen and oxygen atoms in total. The fourth-order valence-corrected chi connectivity index (χ4v) is 4.56. The first-order valence-corrected chi connectivity index (χ1v) is 10.1. The van der Waals surface area contributed by atoms with Crippen molar-refractivity contribution in [1.29, 1.82) is 0 Å². The maximum absolute atomic E-state index is 13.2. The molecule has 4 aromatic rings. The van der Waals surface area contributed by atoms with Gasteiger partial charge >= 0.3 is 0 Å². The molecule has 0 aliphatic heterocycles. The van der Waals surface area contributed by atoms with Crippen LogP contribution in [0.2, 0.25) is 5.02 Å². The zero-order chi connectivity index (χ0) is 19.3. The summed E-state index contributed by atoms with van der Waals surface area (Å²) in [4.78, 5) is 17.8. The lowest BCUT2D eigenvalue weighted by Crippen LogP contribution is -2.30. The van der Waals surface area contributed by atoms with Crippen molar-refractivity contribution in [3.63, 3.8) is 0 Å². The highest BCUT2D eigenvalue weighted by atomic mass is 35.5. The van der Waals surface area contributed by atoms with E-state index in [1.807, 2.05) is 41.1 Å². The molecule has 0 amide bonds. The lowest BCUT2D eigenvalue weighted by atomic mass is 9.85. The number of benzene rings is 1. The molecule has 1 aliphatic rings. The summed E-state index contributed by atoms with van der Waals surface area (Å²) in [6, 6.07) is 9.87. The van der Waals surface area contributed by atoms with Gasteiger partial charge in [0, 0.05) is 29.0 Å². The van der Waals surface area contributed by atoms with E-state index in [-0.39, 0.29) is 11.6 Å². The van der Waals surface area contributed by atoms with Crippen LogP contribution in [0.4, 0.5) is 0 Å². The topological polar surface area (TPSA) is 52.2 Å². The van der Waals surface area contributed by atoms with Gasteiger partial charge in [-0.05, 0) is 42.5 Å². The summed E-state index contributed by atoms with van der Waals surface area (Å²) in [5.74, 6) is 0.516. The average molecular weight is 393 g/mol. The van der Waals surface area contributed by atoms with E-state index in [1.165, 1.54) is 19.3 Å². The van der Waals surface area contributed by atoms with Crippen molar-refractivity contribution >= 4 is 28.2 Å². The molecule has 1 aromatic carbocycles. The van der Waals surface area contributed by atoms with Crippen molar-refractivity contribution in [3.8, 4) is 11.1 Å². The maximum Gasteiger partial charge on any atom is 0.261 e. The lowest BCUT2D eigenvalue weighted by Gasteiger charge is -2.30. The molecular weight excluding hydrogens is 372 g/mol. The normalized spacial score (nSPS) is 20.1. The van der Waals surface area contributed by atoms with Crippen LogP contribution in [0.5, 0.6) is 0 Å². The largest absolute Gasteiger partial charge is 0.312 e. The molecule has 0 unspecified atom stereocenters. The molecule has 1 fully saturated rings. The summed E-state index contributed by atoms with van der Waals surface area (Å²) in [7, 11) is 0. The standard InChI is InChI=1S/C22H21ClN4O/c1-14-4-2-3-5-19(14)26-11-10-20-18(22(26)28)12-24-21-17(13-25-27(20)21)15-6-8-16(23)9-7-15/h6-14,19H,2-5H2,1H3/t14-,19+/m0/s1. The summed E-state index contributed by atoms with van der Waals surface area (Å²) in [6.07, 6.45) is 10.1. The molecule has 0 spiro atoms. The highest BCUT2D eigenvalue weighted by molar-refractivity contribution is 6.30. The van der Waals surface area contributed by atoms with Gasteiger partial charge < -0.3 is 4.57 Å². The first-order valence-electron chi connectivity index (χ1n) is 9.77. The van der Waals surface area contributed by atoms with Gasteiger partial charge in [0.2, 0.25) is 0 Å². The Hall–Kier alpha value is -2.66. The minimum Gasteiger partial charge on any atom is -0.312 e. The Bertz CT molecular complexity index is 1230. The predicted octanol–water partition coefficient (Wildman–Crippen LogP) is 5.12. The Kier molecular flexibility index (Phi) is 4.20. The molecule has 3 aromatic heterocycles. The van der Waals surface area contributed by atoms with Crippen LogP contribution in [0, 0.1) is 5.92 Å². The Balaban J connectivity index is 1.66. The van der Waals surface area contributed by atoms with Gasteiger partial charge in [0.1, 0.15) is 0 Å². The summed E-state index contributed by atoms with van der Waals surface area (Å²) < 4.78 is 3.67. The van der Waals surface area contributed by atoms with Gasteiger partial charge in [0.25, 0.3) is 5.56 Å². The highest BCUT2D eigenvalue weighted by Crippen LogP contribution is 2.33. The molecule has 0 bridgehead atoms. The van der Waals surface area contributed by atoms with E-state index >= 15 is 0 Å². The van der Waals surface area contributed by atoms with Crippen LogP contribution in [0.1, 0.15) is 38.6 Å². The lowest BCUT2D eigenvalue weighted by molar-refractivity contribution is 0.253. The quantitative estimate of drug-likeness (QED) is 0.476. The van der Waals surface area contributed by atoms with Crippen LogP contribution in [-0.2, 0) is 0 Å². The van der Waals surface area contributed by atoms with E-state index < -0.39 is 0 Å². The Morgan fingerprint density at radius 3 is 2.64 bits per heavy atom. The molecule has 3 heterocycles. The number of hydrogen-bond donors (Lipinski definition) is 0. The molecule has 142 valence electrons. The van der Waals surface area contributed by atoms with Gasteiger partial charge in [-0.1, -0.05) is 43.5 Å². The van der Waals surface area contributed by atoms with E-state index in [0.717, 1.165) is 28.7 Å². The number of aromatic nitrogens is 4. The third-order valence-corrected chi connectivity index (χ3v) is 6.25. The zero-order valence-corrected chi connectivity index (χ0v) is 16.4. The molecular formula is C22H21ClN4O. The number of halogens is 1. The van der Waals surface area contributed by atoms with E-state index in [1.54, 1.807) is 16.9 Å². The summed E-state index contributed by atoms with van der Waals surface area (Å²) >= 11 is 6.00. The number of hydrogen-bond acceptors (Lipinski definition) is 3. The number of pyridine rings is 1. The fraction of sp³-hybridized carbons (Fsp3) is 0.318. The van der Waals surface area contributed by atoms with Crippen molar-refractivity contribution in [2.24, 2.45) is 5.92 Å². The van der Waals surface area contributed by atoms with Crippen LogP contribution >= 0.6 is 11.6 Å². The summed E-state index contributed by atoms with van der Waals surface area (Å²) in [5, 5.41) is 5.82. The third kappa shape index (κ3) is 2.73. The molecule has 0 saturated heterocycles. The smallest absolute Gasteiger partial charge is 0.261 e. The molecule has 28 heavy (non-hydrogen) atoms. The first-order chi connectivity index (χ1) is 13.6. The molecule has 5 rings (SSSR count). The molecule has 1 aliphatic carbocycles. The van der Waals surface area contributed by atoms with Crippen LogP contribution in [0.15, 0.2) is 53.7 Å². The van der Waals surface area contributed by atoms with Crippen LogP contribution in [0.25, 0.3) is 27.7 Å². The fourth-order valence-electron chi connectivity index (χ4n) is 4.44. The number of nitrogens with zero attached hydrogens (tertiary/aromatic N) is 4. The minimum absolute atomic E-state index is 0.0224. The number of fused-ring (bicyclic) bond motifs is 3. The molecule has 0 radical (unpaired) electrons. The van der Waals surface area contributed by atoms with Crippen molar-refractivity contribution in [2.45, 2.75) is 38.6 Å². The van der Waals surface area contributed by atoms with Crippen molar-refractivity contribution < 1.29 is 0 Å². The minimum atomic E-state index is 0.0224. The summed E-state index contributed by atoms with van der Waals surface area (Å²) in [5.41, 5.74) is 3.46. The van der Waals surface area contributed by atoms with Gasteiger partial charge in [-0.25, -0.2) is 9.50 Å². The van der Waals surface area contributed by atoms with Crippen LogP contribution in [0.3, 0.4) is 0 Å². The highest BCUT2D eigenvalue weighted by Gasteiger charge is 2.24. The van der Waals surface area contributed by atoms with E-state index in [4.69, 9.17) is 11.6 Å². The molecule has 6 heteroatoms. The third-order valence-electron chi connectivity index (χ3n) is 6.00. The maximum atomic E-state index is 13.2. The van der Waals surface area contributed by atoms with Crippen molar-refractivity contribution in [2.75, 3.05) is 0 Å². The second-order valence-electron chi connectivity index (χ2n) is 7.71. The van der Waals surface area contributed by atoms with Gasteiger partial charge in [-0.2, -0.15) is 5.10 Å². The van der Waals surface area contributed by atoms with Crippen molar-refractivity contribution in [1.82, 2.24) is 19.2 Å². The Labute approximate surface area is 167 Å². The van der Waals surface area contributed by atoms with Crippen LogP contribution < -0.4 is 5.56 Å². The summed E-state index contributed by atoms with van der Waals surface area (Å²) in [6.45, 7) is 2.24. The molecule has 1 saturated carbocycles. The monoisotopic (exact) mass is 392 g/mol. The molecule has 2 atom stereocenters. The zero-order valence-electron chi connectivity index (χ0n) is 15.7. The second kappa shape index (κ2) is 6.74. The average Bonchev–Trinajstić information content (AvgIpc) is 3.14. The van der Waals surface area contributed by atoms with Gasteiger partial charge in [-0.3, -0.25) is 4.79 Å². The van der Waals surface area contributed by atoms with E-state index in [2.05, 4.69) is 17.0 Å². The van der Waals surface area contributed by atoms with E-state index in [9.17, 15) is 4.79 Å². The Morgan fingerprint density at radius 2 is 1.86 bits per heavy atom. The Morgan fingerprint density at radius 1 is 1.07 bits per heavy atom. The second-order valence-corrected chi connectivity index (χ2v) is 8.15. The SMILES string of the molecule is C[C@H]1CCCC[C@H]1n1ccc2c(cnc3c(-c4ccc(Cl)cc4)cnn32)c1=O. The number of rotatable bonds is 2. The van der Waals surface area contributed by atoms with E-state index in [0.29, 0.717) is 16.3 Å².